The molecule has 0 aliphatic carbocycles. The summed E-state index contributed by atoms with van der Waals surface area (Å²) in [5, 5.41) is 4.41. The van der Waals surface area contributed by atoms with E-state index in [1.165, 1.54) is 16.9 Å². The van der Waals surface area contributed by atoms with E-state index in [1.54, 1.807) is 6.20 Å². The highest BCUT2D eigenvalue weighted by Gasteiger charge is 2.12. The van der Waals surface area contributed by atoms with E-state index in [-0.39, 0.29) is 6.04 Å². The van der Waals surface area contributed by atoms with E-state index >= 15 is 0 Å². The van der Waals surface area contributed by atoms with Crippen LogP contribution in [0.5, 0.6) is 0 Å². The summed E-state index contributed by atoms with van der Waals surface area (Å²) in [6, 6.07) is 2.32. The largest absolute Gasteiger partial charge is 0.466 e. The van der Waals surface area contributed by atoms with Crippen LogP contribution >= 0.6 is 22.9 Å². The van der Waals surface area contributed by atoms with Gasteiger partial charge in [0, 0.05) is 18.2 Å². The van der Waals surface area contributed by atoms with Crippen LogP contribution in [-0.4, -0.2) is 4.98 Å². The average Bonchev–Trinajstić information content (AvgIpc) is 2.81. The Balaban J connectivity index is 1.97. The molecule has 1 atom stereocenters. The Bertz CT molecular complexity index is 506. The van der Waals surface area contributed by atoms with Crippen molar-refractivity contribution in [3.63, 3.8) is 0 Å². The van der Waals surface area contributed by atoms with Gasteiger partial charge < -0.3 is 9.73 Å². The smallest absolute Gasteiger partial charge is 0.113 e. The summed E-state index contributed by atoms with van der Waals surface area (Å²) < 4.78 is 6.24. The zero-order chi connectivity index (χ0) is 12.4. The SMILES string of the molecule is Cc1cc(C(C)NCc2ncc(Cl)s2)c(C)o1. The number of nitrogens with one attached hydrogen (secondary N) is 1. The van der Waals surface area contributed by atoms with E-state index in [1.807, 2.05) is 13.8 Å². The predicted molar refractivity (Wildman–Crippen MR) is 70.6 cm³/mol. The fourth-order valence-corrected chi connectivity index (χ4v) is 2.71. The first kappa shape index (κ1) is 12.6. The third-order valence-electron chi connectivity index (χ3n) is 2.63. The van der Waals surface area contributed by atoms with Gasteiger partial charge in [0.25, 0.3) is 0 Å². The first-order valence-corrected chi connectivity index (χ1v) is 6.66. The molecule has 1 unspecified atom stereocenters. The molecule has 5 heteroatoms. The van der Waals surface area contributed by atoms with Crippen LogP contribution in [0.15, 0.2) is 16.7 Å². The van der Waals surface area contributed by atoms with Crippen LogP contribution < -0.4 is 5.32 Å². The quantitative estimate of drug-likeness (QED) is 0.917. The number of aromatic nitrogens is 1. The third kappa shape index (κ3) is 3.09. The first-order chi connectivity index (χ1) is 8.06. The molecule has 0 aromatic carbocycles. The minimum atomic E-state index is 0.245. The van der Waals surface area contributed by atoms with Crippen LogP contribution in [0.2, 0.25) is 4.34 Å². The summed E-state index contributed by atoms with van der Waals surface area (Å²) in [6.07, 6.45) is 1.68. The molecule has 0 saturated carbocycles. The number of hydrogen-bond acceptors (Lipinski definition) is 4. The molecule has 1 N–H and O–H groups in total. The van der Waals surface area contributed by atoms with Crippen LogP contribution in [0.4, 0.5) is 0 Å². The Kier molecular flexibility index (Phi) is 3.86. The van der Waals surface area contributed by atoms with E-state index in [0.717, 1.165) is 27.4 Å². The second kappa shape index (κ2) is 5.21. The Hall–Kier alpha value is -0.840. The van der Waals surface area contributed by atoms with Gasteiger partial charge >= 0.3 is 0 Å². The van der Waals surface area contributed by atoms with Crippen LogP contribution in [-0.2, 0) is 6.54 Å². The van der Waals surface area contributed by atoms with Crippen molar-refractivity contribution in [2.75, 3.05) is 0 Å². The Morgan fingerprint density at radius 3 is 2.82 bits per heavy atom. The number of nitrogens with zero attached hydrogens (tertiary/aromatic N) is 1. The summed E-state index contributed by atoms with van der Waals surface area (Å²) in [5.41, 5.74) is 1.20. The number of hydrogen-bond donors (Lipinski definition) is 1. The summed E-state index contributed by atoms with van der Waals surface area (Å²) >= 11 is 7.34. The van der Waals surface area contributed by atoms with E-state index in [4.69, 9.17) is 16.0 Å². The van der Waals surface area contributed by atoms with Crippen LogP contribution in [0, 0.1) is 13.8 Å². The molecule has 2 heterocycles. The lowest BCUT2D eigenvalue weighted by Crippen LogP contribution is -2.18. The molecule has 0 fully saturated rings. The Morgan fingerprint density at radius 2 is 2.29 bits per heavy atom. The molecule has 17 heavy (non-hydrogen) atoms. The van der Waals surface area contributed by atoms with E-state index in [9.17, 15) is 0 Å². The zero-order valence-corrected chi connectivity index (χ0v) is 11.7. The fourth-order valence-electron chi connectivity index (χ4n) is 1.80. The number of aryl methyl sites for hydroxylation is 2. The van der Waals surface area contributed by atoms with Gasteiger partial charge in [0.05, 0.1) is 6.20 Å². The Labute approximate surface area is 110 Å². The van der Waals surface area contributed by atoms with Gasteiger partial charge in [-0.2, -0.15) is 0 Å². The molecule has 92 valence electrons. The number of halogens is 1. The summed E-state index contributed by atoms with van der Waals surface area (Å²) in [4.78, 5) is 4.21. The molecule has 2 aromatic heterocycles. The molecule has 0 amide bonds. The molecule has 0 aliphatic rings. The minimum absolute atomic E-state index is 0.245. The van der Waals surface area contributed by atoms with Crippen molar-refractivity contribution in [1.29, 1.82) is 0 Å². The molecule has 0 spiro atoms. The topological polar surface area (TPSA) is 38.1 Å². The summed E-state index contributed by atoms with van der Waals surface area (Å²) in [7, 11) is 0. The van der Waals surface area contributed by atoms with E-state index < -0.39 is 0 Å². The maximum Gasteiger partial charge on any atom is 0.113 e. The maximum atomic E-state index is 5.83. The second-order valence-electron chi connectivity index (χ2n) is 4.03. The van der Waals surface area contributed by atoms with Crippen LogP contribution in [0.25, 0.3) is 0 Å². The molecular weight excluding hydrogens is 256 g/mol. The van der Waals surface area contributed by atoms with E-state index in [2.05, 4.69) is 23.3 Å². The highest BCUT2D eigenvalue weighted by Crippen LogP contribution is 2.23. The van der Waals surface area contributed by atoms with Crippen molar-refractivity contribution in [3.8, 4) is 0 Å². The van der Waals surface area contributed by atoms with Gasteiger partial charge in [-0.05, 0) is 26.8 Å². The molecule has 3 nitrogen and oxygen atoms in total. The van der Waals surface area contributed by atoms with Crippen molar-refractivity contribution in [2.45, 2.75) is 33.4 Å². The number of rotatable bonds is 4. The van der Waals surface area contributed by atoms with Crippen molar-refractivity contribution in [2.24, 2.45) is 0 Å². The standard InChI is InChI=1S/C12H15ClN2OS/c1-7-4-10(9(3)16-7)8(2)14-6-12-15-5-11(13)17-12/h4-5,8,14H,6H2,1-3H3. The minimum Gasteiger partial charge on any atom is -0.466 e. The van der Waals surface area contributed by atoms with Gasteiger partial charge in [0.2, 0.25) is 0 Å². The lowest BCUT2D eigenvalue weighted by atomic mass is 10.1. The van der Waals surface area contributed by atoms with Crippen molar-refractivity contribution in [1.82, 2.24) is 10.3 Å². The third-order valence-corrected chi connectivity index (χ3v) is 3.75. The van der Waals surface area contributed by atoms with Gasteiger partial charge in [0.1, 0.15) is 20.9 Å². The molecule has 0 bridgehead atoms. The second-order valence-corrected chi connectivity index (χ2v) is 5.78. The van der Waals surface area contributed by atoms with Crippen molar-refractivity contribution < 1.29 is 4.42 Å². The molecule has 0 saturated heterocycles. The molecule has 0 aliphatic heterocycles. The first-order valence-electron chi connectivity index (χ1n) is 5.47. The zero-order valence-electron chi connectivity index (χ0n) is 10.1. The predicted octanol–water partition coefficient (Wildman–Crippen LogP) is 3.86. The number of thiazole rings is 1. The van der Waals surface area contributed by atoms with Gasteiger partial charge in [-0.3, -0.25) is 0 Å². The highest BCUT2D eigenvalue weighted by molar-refractivity contribution is 7.15. The molecule has 2 aromatic rings. The lowest BCUT2D eigenvalue weighted by molar-refractivity contribution is 0.489. The van der Waals surface area contributed by atoms with E-state index in [0.29, 0.717) is 0 Å². The van der Waals surface area contributed by atoms with Crippen molar-refractivity contribution >= 4 is 22.9 Å². The monoisotopic (exact) mass is 270 g/mol. The molecule has 0 radical (unpaired) electrons. The molecular formula is C12H15ClN2OS. The average molecular weight is 271 g/mol. The highest BCUT2D eigenvalue weighted by atomic mass is 35.5. The number of furan rings is 1. The summed E-state index contributed by atoms with van der Waals surface area (Å²) in [6.45, 7) is 6.79. The van der Waals surface area contributed by atoms with Crippen LogP contribution in [0.3, 0.4) is 0 Å². The van der Waals surface area contributed by atoms with Gasteiger partial charge in [-0.15, -0.1) is 11.3 Å². The molecule has 2 rings (SSSR count). The fraction of sp³-hybridized carbons (Fsp3) is 0.417. The summed E-state index contributed by atoms with van der Waals surface area (Å²) in [5.74, 6) is 1.92. The van der Waals surface area contributed by atoms with Gasteiger partial charge in [-0.1, -0.05) is 11.6 Å². The lowest BCUT2D eigenvalue weighted by Gasteiger charge is -2.11. The Morgan fingerprint density at radius 1 is 1.53 bits per heavy atom. The maximum absolute atomic E-state index is 5.83. The normalized spacial score (nSPS) is 12.9. The van der Waals surface area contributed by atoms with Crippen LogP contribution in [0.1, 0.15) is 35.1 Å². The van der Waals surface area contributed by atoms with Crippen molar-refractivity contribution in [3.05, 3.63) is 38.7 Å². The van der Waals surface area contributed by atoms with Gasteiger partial charge in [0.15, 0.2) is 0 Å². The van der Waals surface area contributed by atoms with Gasteiger partial charge in [-0.25, -0.2) is 4.98 Å².